The zero-order chi connectivity index (χ0) is 23.3. The van der Waals surface area contributed by atoms with E-state index in [0.717, 1.165) is 0 Å². The largest absolute Gasteiger partial charge is 0.495 e. The SMILES string of the molecule is COc1ccc(C(=O)O)cc1NCc1[nH]nc(C(F)(F)F)c1C.O=C(O)C(F)(F)F. The summed E-state index contributed by atoms with van der Waals surface area (Å²) in [7, 11) is 1.41. The van der Waals surface area contributed by atoms with Gasteiger partial charge in [0.25, 0.3) is 0 Å². The topological polar surface area (TPSA) is 125 Å². The number of nitrogens with zero attached hydrogens (tertiary/aromatic N) is 1. The second kappa shape index (κ2) is 9.37. The van der Waals surface area contributed by atoms with Gasteiger partial charge in [0.2, 0.25) is 0 Å². The fraction of sp³-hybridized carbons (Fsp3) is 0.312. The zero-order valence-electron chi connectivity index (χ0n) is 15.3. The van der Waals surface area contributed by atoms with Crippen molar-refractivity contribution >= 4 is 17.6 Å². The Balaban J connectivity index is 0.000000553. The lowest BCUT2D eigenvalue weighted by molar-refractivity contribution is -0.192. The third kappa shape index (κ3) is 6.56. The standard InChI is InChI=1S/C14H14F3N3O3.C2HF3O2/c1-7-10(19-20-12(7)14(15,16)17)6-18-9-5-8(13(21)22)3-4-11(9)23-2;3-2(4,5)1(6)7/h3-5,18H,6H2,1-2H3,(H,19,20)(H,21,22);(H,6,7). The predicted molar refractivity (Wildman–Crippen MR) is 89.3 cm³/mol. The molecule has 4 N–H and O–H groups in total. The number of aromatic nitrogens is 2. The molecule has 2 rings (SSSR count). The normalized spacial score (nSPS) is 11.3. The first-order valence-corrected chi connectivity index (χ1v) is 7.74. The first-order chi connectivity index (χ1) is 13.7. The number of carbonyl (C=O) groups is 2. The number of alkyl halides is 6. The molecule has 14 heteroatoms. The van der Waals surface area contributed by atoms with Crippen LogP contribution in [0.3, 0.4) is 0 Å². The van der Waals surface area contributed by atoms with E-state index in [9.17, 15) is 31.1 Å². The summed E-state index contributed by atoms with van der Waals surface area (Å²) in [6, 6.07) is 4.18. The molecule has 0 bridgehead atoms. The molecule has 1 aromatic heterocycles. The summed E-state index contributed by atoms with van der Waals surface area (Å²) >= 11 is 0. The number of methoxy groups -OCH3 is 1. The quantitative estimate of drug-likeness (QED) is 0.520. The molecule has 8 nitrogen and oxygen atoms in total. The molecule has 0 aliphatic carbocycles. The molecule has 0 radical (unpaired) electrons. The Morgan fingerprint density at radius 3 is 2.13 bits per heavy atom. The van der Waals surface area contributed by atoms with Crippen molar-refractivity contribution in [2.75, 3.05) is 12.4 Å². The van der Waals surface area contributed by atoms with Gasteiger partial charge >= 0.3 is 24.3 Å². The third-order valence-corrected chi connectivity index (χ3v) is 3.52. The van der Waals surface area contributed by atoms with Crippen molar-refractivity contribution in [3.8, 4) is 5.75 Å². The van der Waals surface area contributed by atoms with Crippen molar-refractivity contribution < 1.29 is 50.9 Å². The Morgan fingerprint density at radius 1 is 1.17 bits per heavy atom. The number of H-pyrrole nitrogens is 1. The lowest BCUT2D eigenvalue weighted by Gasteiger charge is -2.12. The van der Waals surface area contributed by atoms with E-state index in [2.05, 4.69) is 15.5 Å². The van der Waals surface area contributed by atoms with E-state index < -0.39 is 30.0 Å². The van der Waals surface area contributed by atoms with Crippen molar-refractivity contribution in [2.24, 2.45) is 0 Å². The highest BCUT2D eigenvalue weighted by atomic mass is 19.4. The van der Waals surface area contributed by atoms with E-state index >= 15 is 0 Å². The monoisotopic (exact) mass is 443 g/mol. The maximum Gasteiger partial charge on any atom is 0.490 e. The van der Waals surface area contributed by atoms with Crippen LogP contribution in [0.4, 0.5) is 32.0 Å². The van der Waals surface area contributed by atoms with Crippen LogP contribution in [-0.2, 0) is 17.5 Å². The van der Waals surface area contributed by atoms with Gasteiger partial charge in [-0.25, -0.2) is 9.59 Å². The minimum atomic E-state index is -5.08. The number of benzene rings is 1. The molecule has 1 aromatic carbocycles. The number of ether oxygens (including phenoxy) is 1. The number of hydrogen-bond acceptors (Lipinski definition) is 5. The highest BCUT2D eigenvalue weighted by Crippen LogP contribution is 2.32. The minimum Gasteiger partial charge on any atom is -0.495 e. The molecule has 0 saturated heterocycles. The highest BCUT2D eigenvalue weighted by Gasteiger charge is 2.38. The van der Waals surface area contributed by atoms with E-state index in [0.29, 0.717) is 11.4 Å². The number of halogens is 6. The lowest BCUT2D eigenvalue weighted by Crippen LogP contribution is -2.21. The summed E-state index contributed by atoms with van der Waals surface area (Å²) in [6.45, 7) is 1.32. The average molecular weight is 443 g/mol. The molecule has 0 atom stereocenters. The highest BCUT2D eigenvalue weighted by molar-refractivity contribution is 5.89. The van der Waals surface area contributed by atoms with Crippen LogP contribution >= 0.6 is 0 Å². The van der Waals surface area contributed by atoms with Crippen LogP contribution in [0.1, 0.15) is 27.3 Å². The van der Waals surface area contributed by atoms with Gasteiger partial charge in [0.15, 0.2) is 5.69 Å². The van der Waals surface area contributed by atoms with Crippen LogP contribution in [-0.4, -0.2) is 45.6 Å². The van der Waals surface area contributed by atoms with Gasteiger partial charge in [0.05, 0.1) is 30.6 Å². The molecule has 0 amide bonds. The molecule has 0 unspecified atom stereocenters. The van der Waals surface area contributed by atoms with Crippen LogP contribution in [0.15, 0.2) is 18.2 Å². The molecule has 0 saturated carbocycles. The van der Waals surface area contributed by atoms with Gasteiger partial charge in [0.1, 0.15) is 5.75 Å². The van der Waals surface area contributed by atoms with E-state index in [1.807, 2.05) is 0 Å². The summed E-state index contributed by atoms with van der Waals surface area (Å²) in [4.78, 5) is 19.9. The summed E-state index contributed by atoms with van der Waals surface area (Å²) in [5.41, 5.74) is -0.348. The third-order valence-electron chi connectivity index (χ3n) is 3.52. The summed E-state index contributed by atoms with van der Waals surface area (Å²) in [5, 5.41) is 24.6. The van der Waals surface area contributed by atoms with Crippen molar-refractivity contribution in [1.29, 1.82) is 0 Å². The first kappa shape index (κ1) is 24.6. The number of anilines is 1. The predicted octanol–water partition coefficient (Wildman–Crippen LogP) is 3.69. The molecular formula is C16H15F6N3O5. The molecule has 1 heterocycles. The number of aromatic amines is 1. The van der Waals surface area contributed by atoms with Gasteiger partial charge in [-0.15, -0.1) is 0 Å². The van der Waals surface area contributed by atoms with Crippen LogP contribution in [0.5, 0.6) is 5.75 Å². The lowest BCUT2D eigenvalue weighted by atomic mass is 10.1. The van der Waals surface area contributed by atoms with Gasteiger partial charge < -0.3 is 20.3 Å². The Labute approximate surface area is 164 Å². The number of rotatable bonds is 5. The van der Waals surface area contributed by atoms with Crippen molar-refractivity contribution in [2.45, 2.75) is 25.8 Å². The van der Waals surface area contributed by atoms with E-state index in [-0.39, 0.29) is 23.4 Å². The maximum atomic E-state index is 12.7. The molecule has 0 aliphatic rings. The molecule has 2 aromatic rings. The molecule has 30 heavy (non-hydrogen) atoms. The van der Waals surface area contributed by atoms with Gasteiger partial charge in [-0.2, -0.15) is 31.4 Å². The number of aliphatic carboxylic acids is 1. The Hall–Kier alpha value is -3.45. The summed E-state index contributed by atoms with van der Waals surface area (Å²) < 4.78 is 74.9. The van der Waals surface area contributed by atoms with Crippen LogP contribution < -0.4 is 10.1 Å². The molecule has 166 valence electrons. The minimum absolute atomic E-state index is 0.00828. The van der Waals surface area contributed by atoms with Crippen LogP contribution in [0.2, 0.25) is 0 Å². The van der Waals surface area contributed by atoms with Gasteiger partial charge in [-0.1, -0.05) is 0 Å². The maximum absolute atomic E-state index is 12.7. The zero-order valence-corrected chi connectivity index (χ0v) is 15.3. The second-order valence-electron chi connectivity index (χ2n) is 5.55. The summed E-state index contributed by atoms with van der Waals surface area (Å²) in [6.07, 6.45) is -9.61. The van der Waals surface area contributed by atoms with Crippen molar-refractivity contribution in [3.05, 3.63) is 40.7 Å². The van der Waals surface area contributed by atoms with Crippen LogP contribution in [0, 0.1) is 6.92 Å². The van der Waals surface area contributed by atoms with E-state index in [1.165, 1.54) is 32.2 Å². The number of carboxylic acid groups (broad SMARTS) is 2. The first-order valence-electron chi connectivity index (χ1n) is 7.74. The fourth-order valence-electron chi connectivity index (χ4n) is 2.04. The average Bonchev–Trinajstić information content (AvgIpc) is 3.00. The van der Waals surface area contributed by atoms with Gasteiger partial charge in [0, 0.05) is 5.56 Å². The van der Waals surface area contributed by atoms with E-state index in [1.54, 1.807) is 0 Å². The van der Waals surface area contributed by atoms with Crippen molar-refractivity contribution in [1.82, 2.24) is 10.2 Å². The molecule has 0 aliphatic heterocycles. The fourth-order valence-corrected chi connectivity index (χ4v) is 2.04. The number of carboxylic acids is 2. The molecule has 0 spiro atoms. The molecule has 0 fully saturated rings. The van der Waals surface area contributed by atoms with Crippen LogP contribution in [0.25, 0.3) is 0 Å². The Kier molecular flexibility index (Phi) is 7.68. The Bertz CT molecular complexity index is 908. The number of hydrogen-bond donors (Lipinski definition) is 4. The molecular weight excluding hydrogens is 428 g/mol. The smallest absolute Gasteiger partial charge is 0.490 e. The second-order valence-corrected chi connectivity index (χ2v) is 5.55. The Morgan fingerprint density at radius 2 is 1.73 bits per heavy atom. The van der Waals surface area contributed by atoms with Gasteiger partial charge in [-0.3, -0.25) is 5.10 Å². The number of nitrogens with one attached hydrogen (secondary N) is 2. The number of aromatic carboxylic acids is 1. The summed E-state index contributed by atoms with van der Waals surface area (Å²) in [5.74, 6) is -3.50. The van der Waals surface area contributed by atoms with Gasteiger partial charge in [-0.05, 0) is 25.1 Å². The van der Waals surface area contributed by atoms with E-state index in [4.69, 9.17) is 19.7 Å². The van der Waals surface area contributed by atoms with Crippen molar-refractivity contribution in [3.63, 3.8) is 0 Å².